The molecule has 0 aromatic heterocycles. The van der Waals surface area contributed by atoms with Gasteiger partial charge in [0, 0.05) is 32.6 Å². The zero-order chi connectivity index (χ0) is 35.7. The third kappa shape index (κ3) is 9.12. The van der Waals surface area contributed by atoms with Crippen LogP contribution in [0.1, 0.15) is 52.0 Å². The molecule has 0 spiro atoms. The second-order valence-corrected chi connectivity index (χ2v) is 12.6. The summed E-state index contributed by atoms with van der Waals surface area (Å²) in [5.41, 5.74) is 0.753. The van der Waals surface area contributed by atoms with Crippen molar-refractivity contribution in [2.24, 2.45) is 0 Å². The molecule has 4 rings (SSSR count). The lowest BCUT2D eigenvalue weighted by Crippen LogP contribution is -2.60. The fraction of sp³-hybridized carbons (Fsp3) is 0.514. The number of hydrogen-bond donors (Lipinski definition) is 3. The van der Waals surface area contributed by atoms with Crippen LogP contribution in [0.25, 0.3) is 0 Å². The van der Waals surface area contributed by atoms with Gasteiger partial charge in [0.15, 0.2) is 0 Å². The standard InChI is InChI=1S/C35H46N6O8/c1-5-6-8-17-29(42)37-25(20-24-13-9-7-10-14-24)31(44)38-26-21-49-35(48)28-16-12-19-41(28)32(45)22(2)36-30(43)23(3)39(4)34(47)27-15-11-18-40(27)33(26)46/h5-10,13-14,17,22-23,25-28H,11-12,15-16,18-21H2,1-4H3,(H,36,43)(H,37,42)(H,38,44)/b6-5+,17-8+/t22-,23-,25-,26-,27-,28-/m0/s1. The topological polar surface area (TPSA) is 175 Å². The predicted octanol–water partition coefficient (Wildman–Crippen LogP) is 0.221. The molecular weight excluding hydrogens is 632 g/mol. The minimum absolute atomic E-state index is 0.101. The van der Waals surface area contributed by atoms with Gasteiger partial charge in [-0.25, -0.2) is 4.79 Å². The van der Waals surface area contributed by atoms with Gasteiger partial charge < -0.3 is 35.4 Å². The first-order valence-corrected chi connectivity index (χ1v) is 16.7. The Labute approximate surface area is 286 Å². The summed E-state index contributed by atoms with van der Waals surface area (Å²) in [6.45, 7) is 4.75. The van der Waals surface area contributed by atoms with Crippen molar-refractivity contribution in [3.05, 3.63) is 60.2 Å². The average molecular weight is 679 g/mol. The minimum atomic E-state index is -1.41. The molecule has 0 bridgehead atoms. The molecule has 1 aromatic carbocycles. The molecule has 6 amide bonds. The first-order valence-electron chi connectivity index (χ1n) is 16.7. The van der Waals surface area contributed by atoms with E-state index in [1.165, 1.54) is 47.7 Å². The SMILES string of the molecule is C/C=C/C=C/C(=O)N[C@@H](Cc1ccccc1)C(=O)N[C@H]1COC(=O)[C@@H]2CCCN2C(=O)[C@H](C)NC(=O)[C@H](C)N(C)C(=O)[C@@H]2CCCN2C1=O. The molecule has 3 fully saturated rings. The molecule has 0 radical (unpaired) electrons. The Morgan fingerprint density at radius 3 is 2.27 bits per heavy atom. The number of hydrogen-bond acceptors (Lipinski definition) is 8. The zero-order valence-corrected chi connectivity index (χ0v) is 28.4. The summed E-state index contributed by atoms with van der Waals surface area (Å²) in [4.78, 5) is 98.2. The number of carbonyl (C=O) groups excluding carboxylic acids is 7. The number of carbonyl (C=O) groups is 7. The van der Waals surface area contributed by atoms with Crippen LogP contribution in [-0.2, 0) is 44.7 Å². The van der Waals surface area contributed by atoms with Crippen LogP contribution in [0, 0.1) is 0 Å². The molecule has 49 heavy (non-hydrogen) atoms. The molecule has 1 aromatic rings. The second kappa shape index (κ2) is 16.9. The molecule has 3 N–H and O–H groups in total. The third-order valence-electron chi connectivity index (χ3n) is 9.14. The highest BCUT2D eigenvalue weighted by Gasteiger charge is 2.43. The fourth-order valence-corrected chi connectivity index (χ4v) is 6.25. The summed E-state index contributed by atoms with van der Waals surface area (Å²) in [6.07, 6.45) is 7.97. The largest absolute Gasteiger partial charge is 0.461 e. The van der Waals surface area contributed by atoms with Gasteiger partial charge in [-0.15, -0.1) is 0 Å². The molecule has 264 valence electrons. The smallest absolute Gasteiger partial charge is 0.328 e. The maximum atomic E-state index is 14.2. The van der Waals surface area contributed by atoms with E-state index in [0.29, 0.717) is 25.7 Å². The molecule has 0 saturated carbocycles. The highest BCUT2D eigenvalue weighted by atomic mass is 16.5. The summed E-state index contributed by atoms with van der Waals surface area (Å²) in [7, 11) is 1.46. The Morgan fingerprint density at radius 1 is 0.939 bits per heavy atom. The summed E-state index contributed by atoms with van der Waals surface area (Å²) in [6, 6.07) is 2.68. The van der Waals surface area contributed by atoms with Crippen LogP contribution in [0.15, 0.2) is 54.6 Å². The van der Waals surface area contributed by atoms with E-state index in [9.17, 15) is 33.6 Å². The van der Waals surface area contributed by atoms with E-state index in [4.69, 9.17) is 4.74 Å². The minimum Gasteiger partial charge on any atom is -0.461 e. The number of esters is 1. The van der Waals surface area contributed by atoms with Gasteiger partial charge in [-0.05, 0) is 52.0 Å². The Hall–Kier alpha value is -5.01. The summed E-state index contributed by atoms with van der Waals surface area (Å²) in [5, 5.41) is 8.03. The summed E-state index contributed by atoms with van der Waals surface area (Å²) >= 11 is 0. The lowest BCUT2D eigenvalue weighted by molar-refractivity contribution is -0.158. The van der Waals surface area contributed by atoms with E-state index in [0.717, 1.165) is 5.56 Å². The van der Waals surface area contributed by atoms with Crippen molar-refractivity contribution in [1.82, 2.24) is 30.7 Å². The number of allylic oxidation sites excluding steroid dienone is 3. The fourth-order valence-electron chi connectivity index (χ4n) is 6.25. The monoisotopic (exact) mass is 678 g/mol. The zero-order valence-electron chi connectivity index (χ0n) is 28.4. The number of fused-ring (bicyclic) bond motifs is 2. The van der Waals surface area contributed by atoms with Crippen molar-refractivity contribution < 1.29 is 38.3 Å². The number of cyclic esters (lactones) is 1. The van der Waals surface area contributed by atoms with Crippen molar-refractivity contribution in [3.8, 4) is 0 Å². The van der Waals surface area contributed by atoms with Crippen LogP contribution in [0.3, 0.4) is 0 Å². The van der Waals surface area contributed by atoms with Gasteiger partial charge in [0.2, 0.25) is 35.4 Å². The average Bonchev–Trinajstić information content (AvgIpc) is 3.79. The maximum Gasteiger partial charge on any atom is 0.328 e. The van der Waals surface area contributed by atoms with Gasteiger partial charge in [-0.3, -0.25) is 28.8 Å². The van der Waals surface area contributed by atoms with E-state index in [1.807, 2.05) is 6.07 Å². The summed E-state index contributed by atoms with van der Waals surface area (Å²) in [5.74, 6) is -4.16. The van der Waals surface area contributed by atoms with E-state index < -0.39 is 84.3 Å². The third-order valence-corrected chi connectivity index (χ3v) is 9.14. The Balaban J connectivity index is 1.65. The number of nitrogens with zero attached hydrogens (tertiary/aromatic N) is 3. The molecule has 14 nitrogen and oxygen atoms in total. The van der Waals surface area contributed by atoms with E-state index >= 15 is 0 Å². The Bertz CT molecular complexity index is 1480. The van der Waals surface area contributed by atoms with Crippen LogP contribution >= 0.6 is 0 Å². The molecule has 0 unspecified atom stereocenters. The number of rotatable bonds is 7. The van der Waals surface area contributed by atoms with Crippen LogP contribution in [0.2, 0.25) is 0 Å². The van der Waals surface area contributed by atoms with Gasteiger partial charge in [-0.1, -0.05) is 48.6 Å². The van der Waals surface area contributed by atoms with Crippen molar-refractivity contribution in [3.63, 3.8) is 0 Å². The van der Waals surface area contributed by atoms with Crippen LogP contribution in [-0.4, -0.2) is 119 Å². The van der Waals surface area contributed by atoms with Crippen LogP contribution < -0.4 is 16.0 Å². The quantitative estimate of drug-likeness (QED) is 0.209. The van der Waals surface area contributed by atoms with Gasteiger partial charge in [0.1, 0.15) is 42.9 Å². The van der Waals surface area contributed by atoms with Crippen molar-refractivity contribution in [1.29, 1.82) is 0 Å². The first kappa shape index (κ1) is 36.8. The van der Waals surface area contributed by atoms with E-state index in [1.54, 1.807) is 43.3 Å². The first-order chi connectivity index (χ1) is 23.4. The van der Waals surface area contributed by atoms with Crippen molar-refractivity contribution in [2.45, 2.75) is 89.1 Å². The second-order valence-electron chi connectivity index (χ2n) is 12.6. The lowest BCUT2D eigenvalue weighted by atomic mass is 10.0. The number of amides is 6. The van der Waals surface area contributed by atoms with Crippen molar-refractivity contribution >= 4 is 41.4 Å². The van der Waals surface area contributed by atoms with E-state index in [2.05, 4.69) is 16.0 Å². The van der Waals surface area contributed by atoms with Gasteiger partial charge in [0.25, 0.3) is 0 Å². The maximum absolute atomic E-state index is 14.2. The van der Waals surface area contributed by atoms with Gasteiger partial charge >= 0.3 is 5.97 Å². The Morgan fingerprint density at radius 2 is 1.59 bits per heavy atom. The molecule has 6 atom stereocenters. The molecule has 0 aliphatic carbocycles. The van der Waals surface area contributed by atoms with E-state index in [-0.39, 0.29) is 19.5 Å². The normalized spacial score (nSPS) is 26.4. The molecule has 3 heterocycles. The lowest BCUT2D eigenvalue weighted by Gasteiger charge is -2.34. The van der Waals surface area contributed by atoms with Gasteiger partial charge in [-0.2, -0.15) is 0 Å². The summed E-state index contributed by atoms with van der Waals surface area (Å²) < 4.78 is 5.62. The highest BCUT2D eigenvalue weighted by molar-refractivity contribution is 5.98. The van der Waals surface area contributed by atoms with Gasteiger partial charge in [0.05, 0.1) is 0 Å². The molecular formula is C35H46N6O8. The molecule has 3 aliphatic heterocycles. The molecule has 14 heteroatoms. The predicted molar refractivity (Wildman–Crippen MR) is 178 cm³/mol. The van der Waals surface area contributed by atoms with Crippen molar-refractivity contribution in [2.75, 3.05) is 26.7 Å². The number of ether oxygens (including phenoxy) is 1. The van der Waals surface area contributed by atoms with Crippen LogP contribution in [0.5, 0.6) is 0 Å². The highest BCUT2D eigenvalue weighted by Crippen LogP contribution is 2.23. The Kier molecular flexibility index (Phi) is 12.7. The number of nitrogens with one attached hydrogen (secondary N) is 3. The van der Waals surface area contributed by atoms with Crippen LogP contribution in [0.4, 0.5) is 0 Å². The number of likely N-dealkylation sites (N-methyl/N-ethyl adjacent to an activating group) is 1. The number of benzene rings is 1. The molecule has 3 saturated heterocycles. The molecule has 3 aliphatic rings.